The molecule has 0 aromatic carbocycles. The molecule has 0 unspecified atom stereocenters. The third-order valence-electron chi connectivity index (χ3n) is 4.45. The van der Waals surface area contributed by atoms with Gasteiger partial charge in [0, 0.05) is 24.3 Å². The highest BCUT2D eigenvalue weighted by molar-refractivity contribution is 5.25. The van der Waals surface area contributed by atoms with Crippen LogP contribution in [0.2, 0.25) is 0 Å². The average molecular weight is 274 g/mol. The van der Waals surface area contributed by atoms with Crippen molar-refractivity contribution >= 4 is 0 Å². The van der Waals surface area contributed by atoms with E-state index in [1.54, 1.807) is 0 Å². The summed E-state index contributed by atoms with van der Waals surface area (Å²) >= 11 is 0. The Morgan fingerprint density at radius 3 is 2.75 bits per heavy atom. The second kappa shape index (κ2) is 6.57. The second-order valence-corrected chi connectivity index (χ2v) is 6.25. The van der Waals surface area contributed by atoms with E-state index in [0.717, 1.165) is 43.1 Å². The summed E-state index contributed by atoms with van der Waals surface area (Å²) in [5.74, 6) is 1.72. The molecular formula is C17H26N2O. The molecular weight excluding hydrogens is 248 g/mol. The molecule has 0 saturated heterocycles. The summed E-state index contributed by atoms with van der Waals surface area (Å²) in [5.41, 5.74) is 2.45. The summed E-state index contributed by atoms with van der Waals surface area (Å²) in [6, 6.07) is 5.06. The molecule has 20 heavy (non-hydrogen) atoms. The Kier molecular flexibility index (Phi) is 4.56. The third-order valence-corrected chi connectivity index (χ3v) is 4.45. The van der Waals surface area contributed by atoms with Crippen molar-refractivity contribution in [2.45, 2.75) is 64.5 Å². The highest BCUT2D eigenvalue weighted by atomic mass is 16.5. The minimum atomic E-state index is 0.747. The number of nitrogens with one attached hydrogen (secondary N) is 1. The lowest BCUT2D eigenvalue weighted by Gasteiger charge is -2.24. The molecule has 0 amide bonds. The van der Waals surface area contributed by atoms with Gasteiger partial charge < -0.3 is 10.1 Å². The normalized spacial score (nSPS) is 18.9. The molecule has 0 bridgehead atoms. The van der Waals surface area contributed by atoms with E-state index in [2.05, 4.69) is 29.4 Å². The van der Waals surface area contributed by atoms with E-state index >= 15 is 0 Å². The maximum Gasteiger partial charge on any atom is 0.213 e. The van der Waals surface area contributed by atoms with Crippen molar-refractivity contribution in [3.05, 3.63) is 23.4 Å². The Morgan fingerprint density at radius 1 is 1.25 bits per heavy atom. The lowest BCUT2D eigenvalue weighted by molar-refractivity contribution is 0.217. The van der Waals surface area contributed by atoms with Gasteiger partial charge in [0.15, 0.2) is 0 Å². The number of nitrogens with zero attached hydrogens (tertiary/aromatic N) is 1. The van der Waals surface area contributed by atoms with Gasteiger partial charge in [0.05, 0.1) is 6.61 Å². The van der Waals surface area contributed by atoms with Gasteiger partial charge in [-0.1, -0.05) is 26.2 Å². The van der Waals surface area contributed by atoms with Crippen molar-refractivity contribution in [1.29, 1.82) is 0 Å². The average Bonchev–Trinajstić information content (AvgIpc) is 3.23. The Morgan fingerprint density at radius 2 is 2.10 bits per heavy atom. The maximum absolute atomic E-state index is 5.88. The van der Waals surface area contributed by atoms with Crippen LogP contribution in [-0.2, 0) is 13.0 Å². The van der Waals surface area contributed by atoms with Gasteiger partial charge in [-0.15, -0.1) is 0 Å². The first-order valence-electron chi connectivity index (χ1n) is 8.19. The van der Waals surface area contributed by atoms with Gasteiger partial charge in [0.25, 0.3) is 0 Å². The van der Waals surface area contributed by atoms with Gasteiger partial charge in [0.2, 0.25) is 5.88 Å². The number of pyridine rings is 1. The molecule has 1 aromatic rings. The van der Waals surface area contributed by atoms with Crippen molar-refractivity contribution in [1.82, 2.24) is 10.3 Å². The molecule has 1 N–H and O–H groups in total. The van der Waals surface area contributed by atoms with Crippen LogP contribution in [0.25, 0.3) is 0 Å². The van der Waals surface area contributed by atoms with Crippen LogP contribution in [-0.4, -0.2) is 17.6 Å². The Labute approximate surface area is 122 Å². The summed E-state index contributed by atoms with van der Waals surface area (Å²) in [6.45, 7) is 3.91. The summed E-state index contributed by atoms with van der Waals surface area (Å²) in [7, 11) is 0. The number of hydrogen-bond acceptors (Lipinski definition) is 3. The van der Waals surface area contributed by atoms with Crippen LogP contribution in [0.3, 0.4) is 0 Å². The minimum Gasteiger partial charge on any atom is -0.478 e. The Balaban J connectivity index is 1.54. The van der Waals surface area contributed by atoms with Crippen molar-refractivity contribution in [3.8, 4) is 5.88 Å². The van der Waals surface area contributed by atoms with Crippen LogP contribution in [0.15, 0.2) is 12.1 Å². The lowest BCUT2D eigenvalue weighted by atomic mass is 9.83. The maximum atomic E-state index is 5.88. The first kappa shape index (κ1) is 13.9. The monoisotopic (exact) mass is 274 g/mol. The molecule has 3 nitrogen and oxygen atoms in total. The number of rotatable bonds is 8. The van der Waals surface area contributed by atoms with Gasteiger partial charge >= 0.3 is 0 Å². The summed E-state index contributed by atoms with van der Waals surface area (Å²) in [5, 5.41) is 3.56. The Bertz CT molecular complexity index is 439. The third kappa shape index (κ3) is 3.95. The zero-order chi connectivity index (χ0) is 13.8. The van der Waals surface area contributed by atoms with Crippen LogP contribution in [0.1, 0.15) is 56.7 Å². The zero-order valence-corrected chi connectivity index (χ0v) is 12.5. The van der Waals surface area contributed by atoms with E-state index in [0.29, 0.717) is 0 Å². The minimum absolute atomic E-state index is 0.747. The molecule has 2 aliphatic rings. The highest BCUT2D eigenvalue weighted by Crippen LogP contribution is 2.29. The van der Waals surface area contributed by atoms with E-state index in [4.69, 9.17) is 4.74 Å². The van der Waals surface area contributed by atoms with Crippen LogP contribution >= 0.6 is 0 Å². The predicted molar refractivity (Wildman–Crippen MR) is 80.9 cm³/mol. The molecule has 0 aliphatic heterocycles. The standard InChI is InChI=1S/C17H26N2O/c1-2-15-10-14(12-18-16-6-7-16)11-17(19-15)20-9-8-13-4-3-5-13/h10-11,13,16,18H,2-9,12H2,1H3. The van der Waals surface area contributed by atoms with Crippen LogP contribution in [0, 0.1) is 5.92 Å². The van der Waals surface area contributed by atoms with Crippen molar-refractivity contribution in [2.75, 3.05) is 6.61 Å². The van der Waals surface area contributed by atoms with Crippen LogP contribution in [0.4, 0.5) is 0 Å². The van der Waals surface area contributed by atoms with E-state index in [9.17, 15) is 0 Å². The SMILES string of the molecule is CCc1cc(CNC2CC2)cc(OCCC2CCC2)n1. The molecule has 1 aromatic heterocycles. The van der Waals surface area contributed by atoms with Gasteiger partial charge in [-0.05, 0) is 43.2 Å². The second-order valence-electron chi connectivity index (χ2n) is 6.25. The lowest BCUT2D eigenvalue weighted by Crippen LogP contribution is -2.16. The molecule has 3 rings (SSSR count). The molecule has 2 aliphatic carbocycles. The van der Waals surface area contributed by atoms with E-state index < -0.39 is 0 Å². The van der Waals surface area contributed by atoms with Crippen LogP contribution in [0.5, 0.6) is 5.88 Å². The largest absolute Gasteiger partial charge is 0.478 e. The van der Waals surface area contributed by atoms with Gasteiger partial charge in [-0.3, -0.25) is 0 Å². The summed E-state index contributed by atoms with van der Waals surface area (Å²) in [6.07, 6.45) is 9.01. The molecule has 0 radical (unpaired) electrons. The number of hydrogen-bond donors (Lipinski definition) is 1. The number of aryl methyl sites for hydroxylation is 1. The fourth-order valence-corrected chi connectivity index (χ4v) is 2.64. The van der Waals surface area contributed by atoms with Crippen LogP contribution < -0.4 is 10.1 Å². The molecule has 2 fully saturated rings. The van der Waals surface area contributed by atoms with Crippen molar-refractivity contribution in [3.63, 3.8) is 0 Å². The van der Waals surface area contributed by atoms with E-state index in [1.165, 1.54) is 44.1 Å². The molecule has 0 atom stereocenters. The number of ether oxygens (including phenoxy) is 1. The zero-order valence-electron chi connectivity index (χ0n) is 12.5. The smallest absolute Gasteiger partial charge is 0.213 e. The molecule has 110 valence electrons. The quantitative estimate of drug-likeness (QED) is 0.788. The van der Waals surface area contributed by atoms with E-state index in [1.807, 2.05) is 0 Å². The molecule has 0 spiro atoms. The summed E-state index contributed by atoms with van der Waals surface area (Å²) in [4.78, 5) is 4.59. The van der Waals surface area contributed by atoms with Crippen molar-refractivity contribution in [2.24, 2.45) is 5.92 Å². The first-order valence-corrected chi connectivity index (χ1v) is 8.19. The molecule has 1 heterocycles. The van der Waals surface area contributed by atoms with Crippen molar-refractivity contribution < 1.29 is 4.74 Å². The summed E-state index contributed by atoms with van der Waals surface area (Å²) < 4.78 is 5.88. The predicted octanol–water partition coefficient (Wildman–Crippen LogP) is 3.47. The highest BCUT2D eigenvalue weighted by Gasteiger charge is 2.20. The molecule has 2 saturated carbocycles. The first-order chi connectivity index (χ1) is 9.83. The van der Waals surface area contributed by atoms with Gasteiger partial charge in [-0.25, -0.2) is 4.98 Å². The topological polar surface area (TPSA) is 34.1 Å². The van der Waals surface area contributed by atoms with Gasteiger partial charge in [0.1, 0.15) is 0 Å². The van der Waals surface area contributed by atoms with Gasteiger partial charge in [-0.2, -0.15) is 0 Å². The van der Waals surface area contributed by atoms with E-state index in [-0.39, 0.29) is 0 Å². The molecule has 3 heteroatoms. The fourth-order valence-electron chi connectivity index (χ4n) is 2.64. The number of aromatic nitrogens is 1. The fraction of sp³-hybridized carbons (Fsp3) is 0.706. The Hall–Kier alpha value is -1.09.